The molecular formula is C75H46N4O2. The summed E-state index contributed by atoms with van der Waals surface area (Å²) in [5, 5.41) is 4.65. The van der Waals surface area contributed by atoms with E-state index < -0.39 is 5.41 Å². The van der Waals surface area contributed by atoms with Gasteiger partial charge in [0, 0.05) is 56.4 Å². The van der Waals surface area contributed by atoms with Crippen LogP contribution in [-0.2, 0) is 5.41 Å². The molecule has 12 aromatic carbocycles. The molecule has 0 bridgehead atoms. The van der Waals surface area contributed by atoms with Crippen molar-refractivity contribution >= 4 is 89.9 Å². The zero-order chi connectivity index (χ0) is 52.9. The summed E-state index contributed by atoms with van der Waals surface area (Å²) in [6, 6.07) is 97.2. The zero-order valence-electron chi connectivity index (χ0n) is 43.7. The van der Waals surface area contributed by atoms with Gasteiger partial charge in [-0.1, -0.05) is 170 Å². The SMILES string of the molecule is C1=Cc2ccc(-n3c4ccccc4c4cc5c(cc43)Oc3ccccc3N5c3ccccc3)cc2C2(c3cc(-n4c5ccccc5c5cc6c(cc54)Oc4ccccc4N6c4ccccc4)ccc31)c1ccccc1-c1ccccc12. The highest BCUT2D eigenvalue weighted by molar-refractivity contribution is 6.14. The van der Waals surface area contributed by atoms with Gasteiger partial charge >= 0.3 is 0 Å². The van der Waals surface area contributed by atoms with Crippen molar-refractivity contribution in [2.75, 3.05) is 9.80 Å². The number of aromatic nitrogens is 2. The summed E-state index contributed by atoms with van der Waals surface area (Å²) in [5.74, 6) is 3.25. The third-order valence-corrected chi connectivity index (χ3v) is 17.5. The second-order valence-corrected chi connectivity index (χ2v) is 21.6. The first-order valence-corrected chi connectivity index (χ1v) is 27.7. The van der Waals surface area contributed by atoms with E-state index in [4.69, 9.17) is 9.47 Å². The predicted molar refractivity (Wildman–Crippen MR) is 331 cm³/mol. The minimum absolute atomic E-state index is 0.727. The summed E-state index contributed by atoms with van der Waals surface area (Å²) >= 11 is 0. The lowest BCUT2D eigenvalue weighted by molar-refractivity contribution is 0.477. The largest absolute Gasteiger partial charge is 0.453 e. The fourth-order valence-corrected chi connectivity index (χ4v) is 14.1. The lowest BCUT2D eigenvalue weighted by Crippen LogP contribution is -2.30. The Hall–Kier alpha value is -10.8. The number of hydrogen-bond donors (Lipinski definition) is 0. The van der Waals surface area contributed by atoms with Crippen LogP contribution in [0.25, 0.3) is 78.3 Å². The van der Waals surface area contributed by atoms with E-state index in [0.717, 1.165) is 101 Å². The molecule has 378 valence electrons. The standard InChI is InChI=1S/C75H46N4O2/c1-3-19-49(20-4-1)76-65-31-15-17-33-71(65)80-73-45-67-57(43-69(73)76)55-25-9-13-29-63(55)78(67)51-39-37-47-35-36-48-38-40-52(42-62(48)75(61(47)41-51)59-27-11-7-23-53(59)54-24-8-12-28-60(54)75)79-64-30-14-10-26-56(64)58-44-70-74(46-68(58)79)81-72-34-18-16-32-66(72)77(70)50-21-5-2-6-22-50/h1-46H. The van der Waals surface area contributed by atoms with Crippen LogP contribution in [-0.4, -0.2) is 9.13 Å². The number of benzene rings is 12. The average molecular weight is 1040 g/mol. The summed E-state index contributed by atoms with van der Waals surface area (Å²) in [7, 11) is 0. The Labute approximate surface area is 467 Å². The maximum Gasteiger partial charge on any atom is 0.153 e. The molecule has 81 heavy (non-hydrogen) atoms. The molecule has 0 unspecified atom stereocenters. The Balaban J connectivity index is 0.877. The Bertz CT molecular complexity index is 4710. The molecule has 14 aromatic rings. The summed E-state index contributed by atoms with van der Waals surface area (Å²) in [6.45, 7) is 0. The number of anilines is 6. The Kier molecular flexibility index (Phi) is 9.06. The van der Waals surface area contributed by atoms with Gasteiger partial charge in [0.25, 0.3) is 0 Å². The van der Waals surface area contributed by atoms with Gasteiger partial charge in [-0.25, -0.2) is 0 Å². The van der Waals surface area contributed by atoms with E-state index in [1.54, 1.807) is 0 Å². The van der Waals surface area contributed by atoms with Crippen LogP contribution in [0.4, 0.5) is 34.1 Å². The van der Waals surface area contributed by atoms with Crippen molar-refractivity contribution in [2.45, 2.75) is 5.41 Å². The van der Waals surface area contributed by atoms with E-state index in [9.17, 15) is 0 Å². The van der Waals surface area contributed by atoms with Crippen LogP contribution in [0.2, 0.25) is 0 Å². The van der Waals surface area contributed by atoms with Gasteiger partial charge < -0.3 is 28.4 Å². The normalized spacial score (nSPS) is 13.9. The maximum absolute atomic E-state index is 6.91. The van der Waals surface area contributed by atoms with Crippen LogP contribution in [0.5, 0.6) is 23.0 Å². The van der Waals surface area contributed by atoms with Crippen molar-refractivity contribution in [2.24, 2.45) is 0 Å². The minimum atomic E-state index is -0.727. The van der Waals surface area contributed by atoms with Crippen molar-refractivity contribution in [1.29, 1.82) is 0 Å². The minimum Gasteiger partial charge on any atom is -0.453 e. The second-order valence-electron chi connectivity index (χ2n) is 21.6. The highest BCUT2D eigenvalue weighted by Gasteiger charge is 2.49. The van der Waals surface area contributed by atoms with E-state index in [1.165, 1.54) is 55.3 Å². The molecule has 0 N–H and O–H groups in total. The first-order chi connectivity index (χ1) is 40.2. The van der Waals surface area contributed by atoms with Gasteiger partial charge in [-0.05, 0) is 142 Å². The number of fused-ring (bicyclic) bond motifs is 19. The fraction of sp³-hybridized carbons (Fsp3) is 0.0133. The zero-order valence-corrected chi connectivity index (χ0v) is 43.7. The van der Waals surface area contributed by atoms with E-state index in [0.29, 0.717) is 0 Å². The molecular weight excluding hydrogens is 989 g/mol. The summed E-state index contributed by atoms with van der Waals surface area (Å²) in [6.07, 6.45) is 4.67. The average Bonchev–Trinajstić information content (AvgIpc) is 4.25. The molecule has 0 fully saturated rings. The van der Waals surface area contributed by atoms with Gasteiger partial charge in [0.15, 0.2) is 23.0 Å². The molecule has 2 aromatic heterocycles. The summed E-state index contributed by atoms with van der Waals surface area (Å²) < 4.78 is 18.7. The summed E-state index contributed by atoms with van der Waals surface area (Å²) in [5.41, 5.74) is 21.8. The number of para-hydroxylation sites is 8. The van der Waals surface area contributed by atoms with Crippen LogP contribution in [0, 0.1) is 0 Å². The predicted octanol–water partition coefficient (Wildman–Crippen LogP) is 19.9. The van der Waals surface area contributed by atoms with Gasteiger partial charge in [0.05, 0.1) is 50.2 Å². The third kappa shape index (κ3) is 6.10. The lowest BCUT2D eigenvalue weighted by Gasteiger charge is -2.36. The first-order valence-electron chi connectivity index (χ1n) is 27.7. The lowest BCUT2D eigenvalue weighted by atomic mass is 9.66. The van der Waals surface area contributed by atoms with Gasteiger partial charge in [0.1, 0.15) is 0 Å². The molecule has 2 aliphatic heterocycles. The van der Waals surface area contributed by atoms with Crippen molar-refractivity contribution in [3.8, 4) is 45.5 Å². The monoisotopic (exact) mass is 1030 g/mol. The Morgan fingerprint density at radius 2 is 0.667 bits per heavy atom. The molecule has 4 aliphatic rings. The van der Waals surface area contributed by atoms with Crippen LogP contribution in [0.3, 0.4) is 0 Å². The van der Waals surface area contributed by atoms with Gasteiger partial charge in [-0.2, -0.15) is 0 Å². The fourth-order valence-electron chi connectivity index (χ4n) is 14.1. The number of hydrogen-bond acceptors (Lipinski definition) is 4. The van der Waals surface area contributed by atoms with Crippen molar-refractivity contribution in [1.82, 2.24) is 9.13 Å². The smallest absolute Gasteiger partial charge is 0.153 e. The van der Waals surface area contributed by atoms with Crippen molar-refractivity contribution in [3.05, 3.63) is 300 Å². The van der Waals surface area contributed by atoms with E-state index >= 15 is 0 Å². The van der Waals surface area contributed by atoms with Gasteiger partial charge in [-0.15, -0.1) is 0 Å². The number of ether oxygens (including phenoxy) is 2. The van der Waals surface area contributed by atoms with E-state index in [-0.39, 0.29) is 0 Å². The molecule has 0 atom stereocenters. The van der Waals surface area contributed by atoms with E-state index in [1.807, 2.05) is 12.1 Å². The second kappa shape index (κ2) is 16.6. The Morgan fingerprint density at radius 3 is 1.15 bits per heavy atom. The molecule has 4 heterocycles. The number of rotatable bonds is 4. The molecule has 0 amide bonds. The number of nitrogens with zero attached hydrogens (tertiary/aromatic N) is 4. The highest BCUT2D eigenvalue weighted by atomic mass is 16.5. The van der Waals surface area contributed by atoms with E-state index in [2.05, 4.69) is 286 Å². The van der Waals surface area contributed by atoms with Crippen molar-refractivity contribution in [3.63, 3.8) is 0 Å². The van der Waals surface area contributed by atoms with Gasteiger partial charge in [0.2, 0.25) is 0 Å². The molecule has 1 spiro atoms. The Morgan fingerprint density at radius 1 is 0.259 bits per heavy atom. The quantitative estimate of drug-likeness (QED) is 0.176. The molecule has 2 aliphatic carbocycles. The van der Waals surface area contributed by atoms with Crippen LogP contribution < -0.4 is 19.3 Å². The van der Waals surface area contributed by atoms with Gasteiger partial charge in [-0.3, -0.25) is 0 Å². The summed E-state index contributed by atoms with van der Waals surface area (Å²) in [4.78, 5) is 4.66. The highest BCUT2D eigenvalue weighted by Crippen LogP contribution is 2.60. The van der Waals surface area contributed by atoms with Crippen LogP contribution in [0.15, 0.2) is 267 Å². The van der Waals surface area contributed by atoms with Crippen LogP contribution in [0.1, 0.15) is 33.4 Å². The topological polar surface area (TPSA) is 34.8 Å². The molecule has 6 nitrogen and oxygen atoms in total. The maximum atomic E-state index is 6.91. The molecule has 0 saturated carbocycles. The molecule has 18 rings (SSSR count). The molecule has 0 radical (unpaired) electrons. The first kappa shape index (κ1) is 44.2. The van der Waals surface area contributed by atoms with Crippen LogP contribution >= 0.6 is 0 Å². The molecule has 0 saturated heterocycles. The van der Waals surface area contributed by atoms with Crippen molar-refractivity contribution < 1.29 is 9.47 Å². The molecule has 6 heteroatoms. The third-order valence-electron chi connectivity index (χ3n) is 17.5.